The number of carbonyl (C=O) groups is 2. The van der Waals surface area contributed by atoms with Gasteiger partial charge in [0.15, 0.2) is 0 Å². The van der Waals surface area contributed by atoms with Crippen LogP contribution in [-0.4, -0.2) is 31.8 Å². The minimum absolute atomic E-state index is 0.113. The zero-order valence-corrected chi connectivity index (χ0v) is 12.8. The van der Waals surface area contributed by atoms with E-state index in [0.29, 0.717) is 13.0 Å². The molecule has 1 N–H and O–H groups in total. The molecule has 1 rings (SSSR count). The highest BCUT2D eigenvalue weighted by Crippen LogP contribution is 2.07. The van der Waals surface area contributed by atoms with Crippen LogP contribution in [0.15, 0.2) is 30.3 Å². The molecule has 0 heterocycles. The molecule has 116 valence electrons. The van der Waals surface area contributed by atoms with Gasteiger partial charge in [0.2, 0.25) is 0 Å². The molecule has 1 aromatic rings. The lowest BCUT2D eigenvalue weighted by Gasteiger charge is -2.18. The average Bonchev–Trinajstić information content (AvgIpc) is 2.46. The average molecular weight is 293 g/mol. The molecular weight excluding hydrogens is 270 g/mol. The molecule has 0 fully saturated rings. The van der Waals surface area contributed by atoms with Crippen LogP contribution in [0.1, 0.15) is 25.8 Å². The predicted octanol–water partition coefficient (Wildman–Crippen LogP) is 2.54. The van der Waals surface area contributed by atoms with E-state index in [1.165, 1.54) is 7.11 Å². The normalized spacial score (nSPS) is 11.8. The van der Waals surface area contributed by atoms with Gasteiger partial charge >= 0.3 is 12.1 Å². The Kier molecular flexibility index (Phi) is 7.29. The molecule has 0 aromatic heterocycles. The summed E-state index contributed by atoms with van der Waals surface area (Å²) in [6, 6.07) is 9.31. The Bertz CT molecular complexity index is 445. The fraction of sp³-hybridized carbons (Fsp3) is 0.500. The number of methoxy groups -OCH3 is 1. The maximum Gasteiger partial charge on any atom is 0.407 e. The SMILES string of the molecule is COC(=O)CC(Cc1ccccc1)NC(=O)OCC(C)C. The molecule has 5 nitrogen and oxygen atoms in total. The Morgan fingerprint density at radius 2 is 1.86 bits per heavy atom. The van der Waals surface area contributed by atoms with Crippen LogP contribution < -0.4 is 5.32 Å². The second kappa shape index (κ2) is 9.00. The maximum atomic E-state index is 11.7. The fourth-order valence-electron chi connectivity index (χ4n) is 1.81. The van der Waals surface area contributed by atoms with Crippen molar-refractivity contribution in [2.45, 2.75) is 32.7 Å². The second-order valence-electron chi connectivity index (χ2n) is 5.30. The first-order valence-electron chi connectivity index (χ1n) is 7.05. The Hall–Kier alpha value is -2.04. The molecule has 0 aliphatic carbocycles. The third-order valence-corrected chi connectivity index (χ3v) is 2.84. The van der Waals surface area contributed by atoms with Crippen LogP contribution >= 0.6 is 0 Å². The summed E-state index contributed by atoms with van der Waals surface area (Å²) < 4.78 is 9.75. The van der Waals surface area contributed by atoms with Crippen molar-refractivity contribution in [2.75, 3.05) is 13.7 Å². The first-order chi connectivity index (χ1) is 10.0. The lowest BCUT2D eigenvalue weighted by Crippen LogP contribution is -2.39. The van der Waals surface area contributed by atoms with Crippen LogP contribution in [0.5, 0.6) is 0 Å². The predicted molar refractivity (Wildman–Crippen MR) is 79.9 cm³/mol. The van der Waals surface area contributed by atoms with E-state index >= 15 is 0 Å². The van der Waals surface area contributed by atoms with Crippen molar-refractivity contribution in [1.29, 1.82) is 0 Å². The van der Waals surface area contributed by atoms with Crippen LogP contribution in [0.25, 0.3) is 0 Å². The van der Waals surface area contributed by atoms with E-state index in [1.807, 2.05) is 44.2 Å². The molecule has 1 amide bonds. The van der Waals surface area contributed by atoms with Crippen molar-refractivity contribution in [3.8, 4) is 0 Å². The van der Waals surface area contributed by atoms with E-state index in [1.54, 1.807) is 0 Å². The quantitative estimate of drug-likeness (QED) is 0.785. The summed E-state index contributed by atoms with van der Waals surface area (Å²) in [5.74, 6) is -0.0935. The number of rotatable bonds is 7. The highest BCUT2D eigenvalue weighted by atomic mass is 16.5. The summed E-state index contributed by atoms with van der Waals surface area (Å²) in [5, 5.41) is 2.72. The summed E-state index contributed by atoms with van der Waals surface area (Å²) in [5.41, 5.74) is 1.04. The fourth-order valence-corrected chi connectivity index (χ4v) is 1.81. The lowest BCUT2D eigenvalue weighted by molar-refractivity contribution is -0.141. The third-order valence-electron chi connectivity index (χ3n) is 2.84. The van der Waals surface area contributed by atoms with Gasteiger partial charge in [0.1, 0.15) is 0 Å². The van der Waals surface area contributed by atoms with E-state index in [9.17, 15) is 9.59 Å². The van der Waals surface area contributed by atoms with Gasteiger partial charge in [-0.05, 0) is 17.9 Å². The Morgan fingerprint density at radius 3 is 2.43 bits per heavy atom. The number of amides is 1. The molecule has 0 aliphatic rings. The van der Waals surface area contributed by atoms with Gasteiger partial charge in [0.25, 0.3) is 0 Å². The van der Waals surface area contributed by atoms with Gasteiger partial charge < -0.3 is 14.8 Å². The molecule has 1 unspecified atom stereocenters. The molecule has 1 atom stereocenters. The Labute approximate surface area is 125 Å². The monoisotopic (exact) mass is 293 g/mol. The van der Waals surface area contributed by atoms with E-state index in [-0.39, 0.29) is 24.3 Å². The topological polar surface area (TPSA) is 64.6 Å². The van der Waals surface area contributed by atoms with E-state index in [2.05, 4.69) is 10.1 Å². The lowest BCUT2D eigenvalue weighted by atomic mass is 10.0. The van der Waals surface area contributed by atoms with Crippen molar-refractivity contribution in [3.63, 3.8) is 0 Å². The first kappa shape index (κ1) is 17.0. The zero-order chi connectivity index (χ0) is 15.7. The van der Waals surface area contributed by atoms with Crippen molar-refractivity contribution in [3.05, 3.63) is 35.9 Å². The number of carbonyl (C=O) groups excluding carboxylic acids is 2. The molecule has 0 saturated carbocycles. The minimum Gasteiger partial charge on any atom is -0.469 e. The number of alkyl carbamates (subject to hydrolysis) is 1. The van der Waals surface area contributed by atoms with Crippen LogP contribution in [0.3, 0.4) is 0 Å². The molecule has 0 radical (unpaired) electrons. The smallest absolute Gasteiger partial charge is 0.407 e. The van der Waals surface area contributed by atoms with Gasteiger partial charge in [-0.15, -0.1) is 0 Å². The highest BCUT2D eigenvalue weighted by Gasteiger charge is 2.18. The van der Waals surface area contributed by atoms with Crippen molar-refractivity contribution >= 4 is 12.1 Å². The van der Waals surface area contributed by atoms with Gasteiger partial charge in [-0.3, -0.25) is 4.79 Å². The first-order valence-corrected chi connectivity index (χ1v) is 7.05. The second-order valence-corrected chi connectivity index (χ2v) is 5.30. The van der Waals surface area contributed by atoms with E-state index < -0.39 is 6.09 Å². The molecule has 1 aromatic carbocycles. The summed E-state index contributed by atoms with van der Waals surface area (Å²) in [4.78, 5) is 23.2. The number of hydrogen-bond donors (Lipinski definition) is 1. The van der Waals surface area contributed by atoms with E-state index in [0.717, 1.165) is 5.56 Å². The van der Waals surface area contributed by atoms with Gasteiger partial charge in [-0.25, -0.2) is 4.79 Å². The van der Waals surface area contributed by atoms with Crippen molar-refractivity contribution < 1.29 is 19.1 Å². The maximum absolute atomic E-state index is 11.7. The summed E-state index contributed by atoms with van der Waals surface area (Å²) in [7, 11) is 1.33. The Morgan fingerprint density at radius 1 is 1.19 bits per heavy atom. The van der Waals surface area contributed by atoms with Crippen molar-refractivity contribution in [2.24, 2.45) is 5.92 Å². The molecule has 5 heteroatoms. The molecule has 0 bridgehead atoms. The van der Waals surface area contributed by atoms with E-state index in [4.69, 9.17) is 4.74 Å². The Balaban J connectivity index is 2.59. The van der Waals surface area contributed by atoms with Crippen LogP contribution in [0.2, 0.25) is 0 Å². The van der Waals surface area contributed by atoms with Crippen LogP contribution in [0, 0.1) is 5.92 Å². The molecule has 0 aliphatic heterocycles. The van der Waals surface area contributed by atoms with Gasteiger partial charge in [0.05, 0.1) is 20.1 Å². The van der Waals surface area contributed by atoms with Crippen LogP contribution in [-0.2, 0) is 20.7 Å². The number of hydrogen-bond acceptors (Lipinski definition) is 4. The largest absolute Gasteiger partial charge is 0.469 e. The molecular formula is C16H23NO4. The molecule has 0 spiro atoms. The standard InChI is InChI=1S/C16H23NO4/c1-12(2)11-21-16(19)17-14(10-15(18)20-3)9-13-7-5-4-6-8-13/h4-8,12,14H,9-11H2,1-3H3,(H,17,19). The summed E-state index contributed by atoms with van der Waals surface area (Å²) in [6.07, 6.45) is 0.156. The summed E-state index contributed by atoms with van der Waals surface area (Å²) >= 11 is 0. The number of esters is 1. The minimum atomic E-state index is -0.506. The van der Waals surface area contributed by atoms with Gasteiger partial charge in [-0.1, -0.05) is 44.2 Å². The third kappa shape index (κ3) is 7.34. The van der Waals surface area contributed by atoms with Gasteiger partial charge in [0, 0.05) is 6.04 Å². The molecule has 21 heavy (non-hydrogen) atoms. The van der Waals surface area contributed by atoms with Crippen molar-refractivity contribution in [1.82, 2.24) is 5.32 Å². The highest BCUT2D eigenvalue weighted by molar-refractivity contribution is 5.72. The zero-order valence-electron chi connectivity index (χ0n) is 12.8. The molecule has 0 saturated heterocycles. The number of benzene rings is 1. The van der Waals surface area contributed by atoms with Crippen LogP contribution in [0.4, 0.5) is 4.79 Å². The number of ether oxygens (including phenoxy) is 2. The van der Waals surface area contributed by atoms with Gasteiger partial charge in [-0.2, -0.15) is 0 Å². The summed E-state index contributed by atoms with van der Waals surface area (Å²) in [6.45, 7) is 4.27. The number of nitrogens with one attached hydrogen (secondary N) is 1.